The fourth-order valence-corrected chi connectivity index (χ4v) is 3.01. The number of nitrogens with zero attached hydrogens (tertiary/aromatic N) is 2. The van der Waals surface area contributed by atoms with Gasteiger partial charge in [0.1, 0.15) is 14.9 Å². The fraction of sp³-hybridized carbons (Fsp3) is 0.600. The summed E-state index contributed by atoms with van der Waals surface area (Å²) in [6, 6.07) is 0. The Bertz CT molecular complexity index is 409. The van der Waals surface area contributed by atoms with Crippen LogP contribution in [-0.2, 0) is 11.3 Å². The van der Waals surface area contributed by atoms with Crippen molar-refractivity contribution in [2.24, 2.45) is 0 Å². The number of halogens is 1. The molecule has 1 aromatic rings. The van der Waals surface area contributed by atoms with Crippen LogP contribution in [0.15, 0.2) is 6.20 Å². The maximum Gasteiger partial charge on any atom is 0.323 e. The van der Waals surface area contributed by atoms with Crippen LogP contribution in [0.25, 0.3) is 0 Å². The predicted octanol–water partition coefficient (Wildman–Crippen LogP) is 2.24. The van der Waals surface area contributed by atoms with Crippen molar-refractivity contribution in [1.82, 2.24) is 9.88 Å². The second kappa shape index (κ2) is 4.31. The molecule has 1 N–H and O–H groups in total. The van der Waals surface area contributed by atoms with Crippen molar-refractivity contribution in [3.63, 3.8) is 0 Å². The Morgan fingerprint density at radius 3 is 3.12 bits per heavy atom. The maximum absolute atomic E-state index is 11.2. The number of carboxylic acids is 1. The molecule has 0 aliphatic carbocycles. The summed E-state index contributed by atoms with van der Waals surface area (Å²) >= 11 is 7.21. The number of hydrogen-bond acceptors (Lipinski definition) is 4. The topological polar surface area (TPSA) is 53.4 Å². The first-order valence-corrected chi connectivity index (χ1v) is 6.30. The minimum atomic E-state index is -0.757. The van der Waals surface area contributed by atoms with Crippen molar-refractivity contribution in [3.05, 3.63) is 15.5 Å². The number of carbonyl (C=O) groups is 1. The minimum absolute atomic E-state index is 0.570. The summed E-state index contributed by atoms with van der Waals surface area (Å²) in [5.74, 6) is -0.757. The quantitative estimate of drug-likeness (QED) is 0.906. The van der Waals surface area contributed by atoms with Gasteiger partial charge >= 0.3 is 5.97 Å². The summed E-state index contributed by atoms with van der Waals surface area (Å²) < 4.78 is 0.645. The largest absolute Gasteiger partial charge is 0.480 e. The van der Waals surface area contributed by atoms with E-state index in [0.29, 0.717) is 17.3 Å². The number of thiazole rings is 1. The van der Waals surface area contributed by atoms with E-state index in [1.54, 1.807) is 13.1 Å². The van der Waals surface area contributed by atoms with Crippen LogP contribution in [0, 0.1) is 0 Å². The third-order valence-corrected chi connectivity index (χ3v) is 4.20. The van der Waals surface area contributed by atoms with E-state index in [0.717, 1.165) is 18.0 Å². The van der Waals surface area contributed by atoms with Gasteiger partial charge in [-0.1, -0.05) is 11.6 Å². The number of aromatic nitrogens is 1. The molecule has 16 heavy (non-hydrogen) atoms. The molecular weight excluding hydrogens is 248 g/mol. The van der Waals surface area contributed by atoms with E-state index in [-0.39, 0.29) is 0 Å². The molecule has 1 aromatic heterocycles. The van der Waals surface area contributed by atoms with Crippen LogP contribution in [0.5, 0.6) is 0 Å². The van der Waals surface area contributed by atoms with Crippen molar-refractivity contribution in [1.29, 1.82) is 0 Å². The highest BCUT2D eigenvalue weighted by molar-refractivity contribution is 7.15. The molecule has 0 amide bonds. The van der Waals surface area contributed by atoms with Crippen LogP contribution in [0.1, 0.15) is 24.8 Å². The molecule has 0 radical (unpaired) electrons. The highest BCUT2D eigenvalue weighted by Crippen LogP contribution is 2.31. The Morgan fingerprint density at radius 2 is 2.56 bits per heavy atom. The van der Waals surface area contributed by atoms with Crippen molar-refractivity contribution in [3.8, 4) is 0 Å². The highest BCUT2D eigenvalue weighted by Gasteiger charge is 2.43. The Morgan fingerprint density at radius 1 is 1.81 bits per heavy atom. The van der Waals surface area contributed by atoms with Gasteiger partial charge in [0, 0.05) is 0 Å². The maximum atomic E-state index is 11.2. The van der Waals surface area contributed by atoms with Crippen molar-refractivity contribution in [2.75, 3.05) is 6.54 Å². The Labute approximate surface area is 103 Å². The zero-order valence-electron chi connectivity index (χ0n) is 8.94. The Hall–Kier alpha value is -0.650. The molecular formula is C10H13ClN2O2S. The molecule has 0 saturated carbocycles. The van der Waals surface area contributed by atoms with Gasteiger partial charge in [-0.3, -0.25) is 9.69 Å². The molecule has 1 fully saturated rings. The van der Waals surface area contributed by atoms with Crippen molar-refractivity contribution >= 4 is 28.9 Å². The third-order valence-electron chi connectivity index (χ3n) is 3.10. The highest BCUT2D eigenvalue weighted by atomic mass is 35.5. The molecule has 4 nitrogen and oxygen atoms in total. The number of rotatable bonds is 3. The average molecular weight is 261 g/mol. The van der Waals surface area contributed by atoms with E-state index in [1.807, 2.05) is 4.90 Å². The molecule has 2 heterocycles. The van der Waals surface area contributed by atoms with Crippen LogP contribution in [0.2, 0.25) is 4.34 Å². The molecule has 1 unspecified atom stereocenters. The van der Waals surface area contributed by atoms with E-state index in [9.17, 15) is 9.90 Å². The molecule has 0 spiro atoms. The zero-order valence-corrected chi connectivity index (χ0v) is 10.5. The van der Waals surface area contributed by atoms with Crippen LogP contribution >= 0.6 is 22.9 Å². The third kappa shape index (κ3) is 2.07. The number of aliphatic carboxylic acids is 1. The SMILES string of the molecule is CC1(C(=O)O)CCCN1Cc1ncc(Cl)s1. The van der Waals surface area contributed by atoms with Crippen LogP contribution in [0.4, 0.5) is 0 Å². The fourth-order valence-electron chi connectivity index (χ4n) is 2.04. The first kappa shape index (κ1) is 11.8. The second-order valence-electron chi connectivity index (χ2n) is 4.16. The van der Waals surface area contributed by atoms with Crippen molar-refractivity contribution < 1.29 is 9.90 Å². The molecule has 2 rings (SSSR count). The molecule has 1 atom stereocenters. The van der Waals surface area contributed by atoms with Gasteiger partial charge < -0.3 is 5.11 Å². The lowest BCUT2D eigenvalue weighted by molar-refractivity contribution is -0.148. The smallest absolute Gasteiger partial charge is 0.323 e. The number of carboxylic acid groups (broad SMARTS) is 1. The molecule has 88 valence electrons. The normalized spacial score (nSPS) is 26.1. The predicted molar refractivity (Wildman–Crippen MR) is 62.8 cm³/mol. The van der Waals surface area contributed by atoms with Gasteiger partial charge in [-0.05, 0) is 26.3 Å². The molecule has 6 heteroatoms. The Kier molecular flexibility index (Phi) is 3.19. The van der Waals surface area contributed by atoms with Gasteiger partial charge in [0.05, 0.1) is 12.7 Å². The zero-order chi connectivity index (χ0) is 11.8. The number of likely N-dealkylation sites (tertiary alicyclic amines) is 1. The van der Waals surface area contributed by atoms with E-state index in [2.05, 4.69) is 4.98 Å². The molecule has 0 aromatic carbocycles. The lowest BCUT2D eigenvalue weighted by atomic mass is 9.99. The summed E-state index contributed by atoms with van der Waals surface area (Å²) in [7, 11) is 0. The molecule has 0 bridgehead atoms. The Balaban J connectivity index is 2.12. The minimum Gasteiger partial charge on any atom is -0.480 e. The van der Waals surface area contributed by atoms with Crippen LogP contribution in [0.3, 0.4) is 0 Å². The van der Waals surface area contributed by atoms with E-state index < -0.39 is 11.5 Å². The van der Waals surface area contributed by atoms with Gasteiger partial charge in [-0.2, -0.15) is 0 Å². The lowest BCUT2D eigenvalue weighted by Gasteiger charge is -2.30. The summed E-state index contributed by atoms with van der Waals surface area (Å²) in [5, 5.41) is 10.1. The standard InChI is InChI=1S/C10H13ClN2O2S/c1-10(9(14)15)3-2-4-13(10)6-8-12-5-7(11)16-8/h5H,2-4,6H2,1H3,(H,14,15). The summed E-state index contributed by atoms with van der Waals surface area (Å²) in [6.07, 6.45) is 3.22. The van der Waals surface area contributed by atoms with Crippen LogP contribution < -0.4 is 0 Å². The summed E-state index contributed by atoms with van der Waals surface area (Å²) in [4.78, 5) is 17.4. The summed E-state index contributed by atoms with van der Waals surface area (Å²) in [6.45, 7) is 3.15. The van der Waals surface area contributed by atoms with Gasteiger partial charge in [0.15, 0.2) is 0 Å². The molecule has 1 saturated heterocycles. The van der Waals surface area contributed by atoms with Crippen molar-refractivity contribution in [2.45, 2.75) is 31.8 Å². The second-order valence-corrected chi connectivity index (χ2v) is 5.91. The number of hydrogen-bond donors (Lipinski definition) is 1. The monoisotopic (exact) mass is 260 g/mol. The van der Waals surface area contributed by atoms with Crippen LogP contribution in [-0.4, -0.2) is 33.0 Å². The molecule has 1 aliphatic heterocycles. The van der Waals surface area contributed by atoms with Gasteiger partial charge in [-0.25, -0.2) is 4.98 Å². The average Bonchev–Trinajstić information content (AvgIpc) is 2.76. The van der Waals surface area contributed by atoms with E-state index >= 15 is 0 Å². The van der Waals surface area contributed by atoms with E-state index in [4.69, 9.17) is 11.6 Å². The lowest BCUT2D eigenvalue weighted by Crippen LogP contribution is -2.47. The van der Waals surface area contributed by atoms with Gasteiger partial charge in [0.25, 0.3) is 0 Å². The van der Waals surface area contributed by atoms with Gasteiger partial charge in [0.2, 0.25) is 0 Å². The molecule has 1 aliphatic rings. The first-order valence-electron chi connectivity index (χ1n) is 5.11. The summed E-state index contributed by atoms with van der Waals surface area (Å²) in [5.41, 5.74) is -0.752. The van der Waals surface area contributed by atoms with Gasteiger partial charge in [-0.15, -0.1) is 11.3 Å². The van der Waals surface area contributed by atoms with E-state index in [1.165, 1.54) is 11.3 Å². The first-order chi connectivity index (χ1) is 7.52.